The van der Waals surface area contributed by atoms with Gasteiger partial charge in [-0.25, -0.2) is 4.79 Å². The number of amides is 2. The minimum absolute atomic E-state index is 0.265. The fraction of sp³-hybridized carbons (Fsp3) is 0.421. The standard InChI is InChI=1S/C19H24N2O2/c22-18(20-14-19(23)12-5-1-2-6-13-19)21-17-11-7-9-15-8-3-4-10-16(15)17/h3-4,7-11,23H,1-2,5-6,12-14H2,(H2,20,21,22). The Labute approximate surface area is 136 Å². The van der Waals surface area contributed by atoms with E-state index in [1.165, 1.54) is 12.8 Å². The maximum absolute atomic E-state index is 12.2. The number of fused-ring (bicyclic) bond motifs is 1. The van der Waals surface area contributed by atoms with Crippen LogP contribution in [0.25, 0.3) is 10.8 Å². The van der Waals surface area contributed by atoms with Crippen molar-refractivity contribution in [3.8, 4) is 0 Å². The van der Waals surface area contributed by atoms with E-state index in [0.29, 0.717) is 6.54 Å². The first-order valence-electron chi connectivity index (χ1n) is 8.41. The Morgan fingerprint density at radius 1 is 1.00 bits per heavy atom. The van der Waals surface area contributed by atoms with Crippen molar-refractivity contribution in [3.05, 3.63) is 42.5 Å². The van der Waals surface area contributed by atoms with Crippen molar-refractivity contribution in [2.24, 2.45) is 0 Å². The Kier molecular flexibility index (Phi) is 4.82. The molecule has 4 heteroatoms. The van der Waals surface area contributed by atoms with Gasteiger partial charge in [0.15, 0.2) is 0 Å². The molecule has 2 aromatic carbocycles. The first-order valence-corrected chi connectivity index (χ1v) is 8.41. The maximum Gasteiger partial charge on any atom is 0.319 e. The van der Waals surface area contributed by atoms with Gasteiger partial charge >= 0.3 is 6.03 Å². The van der Waals surface area contributed by atoms with Crippen LogP contribution in [-0.2, 0) is 0 Å². The van der Waals surface area contributed by atoms with Crippen LogP contribution in [0.5, 0.6) is 0 Å². The van der Waals surface area contributed by atoms with Crippen molar-refractivity contribution in [2.75, 3.05) is 11.9 Å². The van der Waals surface area contributed by atoms with Gasteiger partial charge in [0.2, 0.25) is 0 Å². The first kappa shape index (κ1) is 15.8. The van der Waals surface area contributed by atoms with Gasteiger partial charge in [0.25, 0.3) is 0 Å². The van der Waals surface area contributed by atoms with Gasteiger partial charge in [0, 0.05) is 11.9 Å². The smallest absolute Gasteiger partial charge is 0.319 e. The lowest BCUT2D eigenvalue weighted by molar-refractivity contribution is 0.0281. The summed E-state index contributed by atoms with van der Waals surface area (Å²) in [6.07, 6.45) is 5.93. The van der Waals surface area contributed by atoms with Gasteiger partial charge in [0.05, 0.1) is 11.3 Å². The minimum atomic E-state index is -0.757. The predicted molar refractivity (Wildman–Crippen MR) is 93.6 cm³/mol. The number of aliphatic hydroxyl groups is 1. The lowest BCUT2D eigenvalue weighted by Crippen LogP contribution is -2.44. The third-order valence-corrected chi connectivity index (χ3v) is 4.65. The summed E-state index contributed by atoms with van der Waals surface area (Å²) >= 11 is 0. The molecule has 0 saturated heterocycles. The molecule has 3 rings (SSSR count). The van der Waals surface area contributed by atoms with E-state index in [-0.39, 0.29) is 6.03 Å². The lowest BCUT2D eigenvalue weighted by Gasteiger charge is -2.26. The molecular formula is C19H24N2O2. The topological polar surface area (TPSA) is 61.4 Å². The summed E-state index contributed by atoms with van der Waals surface area (Å²) in [4.78, 5) is 12.2. The summed E-state index contributed by atoms with van der Waals surface area (Å²) in [5.41, 5.74) is 0.0283. The van der Waals surface area contributed by atoms with Crippen LogP contribution in [0.15, 0.2) is 42.5 Å². The molecule has 1 fully saturated rings. The molecule has 0 radical (unpaired) electrons. The average molecular weight is 312 g/mol. The molecule has 0 unspecified atom stereocenters. The van der Waals surface area contributed by atoms with E-state index in [1.54, 1.807) is 0 Å². The third-order valence-electron chi connectivity index (χ3n) is 4.65. The number of carbonyl (C=O) groups is 1. The molecule has 0 aromatic heterocycles. The van der Waals surface area contributed by atoms with E-state index in [1.807, 2.05) is 42.5 Å². The number of rotatable bonds is 3. The second-order valence-electron chi connectivity index (χ2n) is 6.47. The van der Waals surface area contributed by atoms with Gasteiger partial charge < -0.3 is 15.7 Å². The molecule has 23 heavy (non-hydrogen) atoms. The summed E-state index contributed by atoms with van der Waals surface area (Å²) < 4.78 is 0. The highest BCUT2D eigenvalue weighted by molar-refractivity contribution is 6.01. The van der Waals surface area contributed by atoms with Gasteiger partial charge in [-0.2, -0.15) is 0 Å². The Balaban J connectivity index is 1.62. The summed E-state index contributed by atoms with van der Waals surface area (Å²) in [7, 11) is 0. The van der Waals surface area contributed by atoms with E-state index in [2.05, 4.69) is 10.6 Å². The van der Waals surface area contributed by atoms with Crippen LogP contribution in [0.1, 0.15) is 38.5 Å². The number of hydrogen-bond donors (Lipinski definition) is 3. The Morgan fingerprint density at radius 3 is 2.48 bits per heavy atom. The van der Waals surface area contributed by atoms with Crippen molar-refractivity contribution in [2.45, 2.75) is 44.1 Å². The molecule has 0 bridgehead atoms. The summed E-state index contributed by atoms with van der Waals surface area (Å²) in [5.74, 6) is 0. The van der Waals surface area contributed by atoms with Gasteiger partial charge in [0.1, 0.15) is 0 Å². The summed E-state index contributed by atoms with van der Waals surface area (Å²) in [5, 5.41) is 18.4. The van der Waals surface area contributed by atoms with Crippen LogP contribution in [0.4, 0.5) is 10.5 Å². The van der Waals surface area contributed by atoms with Crippen LogP contribution in [0, 0.1) is 0 Å². The zero-order chi connectivity index (χ0) is 16.1. The quantitative estimate of drug-likeness (QED) is 0.749. The number of anilines is 1. The monoisotopic (exact) mass is 312 g/mol. The molecule has 122 valence electrons. The second kappa shape index (κ2) is 7.01. The fourth-order valence-electron chi connectivity index (χ4n) is 3.31. The van der Waals surface area contributed by atoms with E-state index in [4.69, 9.17) is 0 Å². The normalized spacial score (nSPS) is 17.4. The van der Waals surface area contributed by atoms with Crippen molar-refractivity contribution in [1.29, 1.82) is 0 Å². The van der Waals surface area contributed by atoms with Crippen molar-refractivity contribution < 1.29 is 9.90 Å². The highest BCUT2D eigenvalue weighted by Crippen LogP contribution is 2.26. The van der Waals surface area contributed by atoms with Crippen LogP contribution in [-0.4, -0.2) is 23.3 Å². The molecule has 4 nitrogen and oxygen atoms in total. The van der Waals surface area contributed by atoms with Crippen LogP contribution in [0.2, 0.25) is 0 Å². The van der Waals surface area contributed by atoms with Crippen LogP contribution in [0.3, 0.4) is 0 Å². The average Bonchev–Trinajstić information content (AvgIpc) is 2.79. The first-order chi connectivity index (χ1) is 11.2. The zero-order valence-electron chi connectivity index (χ0n) is 13.3. The van der Waals surface area contributed by atoms with Crippen molar-refractivity contribution in [1.82, 2.24) is 5.32 Å². The number of nitrogens with one attached hydrogen (secondary N) is 2. The number of hydrogen-bond acceptors (Lipinski definition) is 2. The van der Waals surface area contributed by atoms with Crippen molar-refractivity contribution in [3.63, 3.8) is 0 Å². The highest BCUT2D eigenvalue weighted by atomic mass is 16.3. The zero-order valence-corrected chi connectivity index (χ0v) is 13.3. The molecule has 2 aromatic rings. The second-order valence-corrected chi connectivity index (χ2v) is 6.47. The Bertz CT molecular complexity index is 671. The molecule has 1 saturated carbocycles. The number of carbonyl (C=O) groups excluding carboxylic acids is 1. The van der Waals surface area contributed by atoms with Gasteiger partial charge in [-0.1, -0.05) is 62.1 Å². The number of benzene rings is 2. The summed E-state index contributed by atoms with van der Waals surface area (Å²) in [6.45, 7) is 0.309. The minimum Gasteiger partial charge on any atom is -0.388 e. The van der Waals surface area contributed by atoms with Gasteiger partial charge in [-0.05, 0) is 24.3 Å². The van der Waals surface area contributed by atoms with Gasteiger partial charge in [-0.15, -0.1) is 0 Å². The molecule has 3 N–H and O–H groups in total. The summed E-state index contributed by atoms with van der Waals surface area (Å²) in [6, 6.07) is 13.5. The molecule has 0 heterocycles. The highest BCUT2D eigenvalue weighted by Gasteiger charge is 2.28. The van der Waals surface area contributed by atoms with E-state index in [9.17, 15) is 9.90 Å². The van der Waals surface area contributed by atoms with E-state index in [0.717, 1.165) is 42.1 Å². The lowest BCUT2D eigenvalue weighted by atomic mass is 9.94. The molecular weight excluding hydrogens is 288 g/mol. The van der Waals surface area contributed by atoms with Crippen LogP contribution < -0.4 is 10.6 Å². The molecule has 2 amide bonds. The molecule has 0 spiro atoms. The molecule has 1 aliphatic rings. The fourth-order valence-corrected chi connectivity index (χ4v) is 3.31. The predicted octanol–water partition coefficient (Wildman–Crippen LogP) is 4.05. The SMILES string of the molecule is O=C(NCC1(O)CCCCCC1)Nc1cccc2ccccc12. The van der Waals surface area contributed by atoms with Crippen LogP contribution >= 0.6 is 0 Å². The van der Waals surface area contributed by atoms with E-state index >= 15 is 0 Å². The molecule has 0 atom stereocenters. The molecule has 1 aliphatic carbocycles. The molecule has 0 aliphatic heterocycles. The van der Waals surface area contributed by atoms with Gasteiger partial charge in [-0.3, -0.25) is 0 Å². The third kappa shape index (κ3) is 4.02. The van der Waals surface area contributed by atoms with Crippen molar-refractivity contribution >= 4 is 22.5 Å². The van der Waals surface area contributed by atoms with E-state index < -0.39 is 5.60 Å². The largest absolute Gasteiger partial charge is 0.388 e. The Morgan fingerprint density at radius 2 is 1.70 bits per heavy atom. The number of urea groups is 1. The Hall–Kier alpha value is -2.07. The maximum atomic E-state index is 12.2.